The first-order valence-corrected chi connectivity index (χ1v) is 11.4. The molecule has 184 valence electrons. The van der Waals surface area contributed by atoms with E-state index in [1.54, 1.807) is 31.2 Å². The number of nitrogens with zero attached hydrogens (tertiary/aromatic N) is 1. The van der Waals surface area contributed by atoms with Gasteiger partial charge >= 0.3 is 5.97 Å². The van der Waals surface area contributed by atoms with Crippen LogP contribution in [0.1, 0.15) is 53.0 Å². The van der Waals surface area contributed by atoms with E-state index >= 15 is 0 Å². The zero-order valence-electron chi connectivity index (χ0n) is 19.3. The molecule has 35 heavy (non-hydrogen) atoms. The highest BCUT2D eigenvalue weighted by Gasteiger charge is 2.22. The number of hydrogen-bond donors (Lipinski definition) is 3. The molecule has 1 heterocycles. The molecule has 0 fully saturated rings. The maximum Gasteiger partial charge on any atom is 0.303 e. The summed E-state index contributed by atoms with van der Waals surface area (Å²) in [6.07, 6.45) is 1.89. The quantitative estimate of drug-likeness (QED) is 0.149. The number of hydrogen-bond acceptors (Lipinski definition) is 5. The van der Waals surface area contributed by atoms with Crippen molar-refractivity contribution in [3.8, 4) is 5.75 Å². The molecule has 3 aromatic rings. The number of oxime groups is 1. The molecule has 9 heteroatoms. The molecular formula is C26H26ClFN2O5. The van der Waals surface area contributed by atoms with Crippen LogP contribution in [0.4, 0.5) is 4.39 Å². The summed E-state index contributed by atoms with van der Waals surface area (Å²) in [6.45, 7) is 3.63. The lowest BCUT2D eigenvalue weighted by Crippen LogP contribution is -2.15. The molecule has 3 N–H and O–H groups in total. The van der Waals surface area contributed by atoms with Crippen molar-refractivity contribution in [2.45, 2.75) is 39.0 Å². The van der Waals surface area contributed by atoms with E-state index in [0.29, 0.717) is 27.4 Å². The van der Waals surface area contributed by atoms with Crippen LogP contribution in [0.15, 0.2) is 58.6 Å². The fourth-order valence-corrected chi connectivity index (χ4v) is 4.09. The highest BCUT2D eigenvalue weighted by molar-refractivity contribution is 6.30. The fraction of sp³-hybridized carbons (Fsp3) is 0.269. The SMILES string of the molecule is Cc1cc(Cl)ccc1C(C/C(=N\O)c1c[nH]c(=O)c(C)c1)c1ccc(OCCCC(=O)O)c(F)c1. The molecular weight excluding hydrogens is 475 g/mol. The van der Waals surface area contributed by atoms with Crippen molar-refractivity contribution in [1.29, 1.82) is 0 Å². The van der Waals surface area contributed by atoms with E-state index in [1.807, 2.05) is 13.0 Å². The number of halogens is 2. The highest BCUT2D eigenvalue weighted by atomic mass is 35.5. The Morgan fingerprint density at radius 3 is 2.57 bits per heavy atom. The van der Waals surface area contributed by atoms with Gasteiger partial charge < -0.3 is 20.0 Å². The fourth-order valence-electron chi connectivity index (χ4n) is 3.87. The number of aliphatic carboxylic acids is 1. The molecule has 0 aliphatic carbocycles. The van der Waals surface area contributed by atoms with E-state index < -0.39 is 17.7 Å². The van der Waals surface area contributed by atoms with Gasteiger partial charge in [-0.05, 0) is 67.3 Å². The first-order chi connectivity index (χ1) is 16.7. The van der Waals surface area contributed by atoms with Gasteiger partial charge in [0.1, 0.15) is 0 Å². The second-order valence-electron chi connectivity index (χ2n) is 8.24. The van der Waals surface area contributed by atoms with Crippen LogP contribution in [0.3, 0.4) is 0 Å². The van der Waals surface area contributed by atoms with E-state index in [1.165, 1.54) is 18.3 Å². The Hall–Kier alpha value is -3.65. The number of H-pyrrole nitrogens is 1. The van der Waals surface area contributed by atoms with Crippen molar-refractivity contribution >= 4 is 23.3 Å². The minimum Gasteiger partial charge on any atom is -0.491 e. The first kappa shape index (κ1) is 26.0. The number of benzene rings is 2. The van der Waals surface area contributed by atoms with Gasteiger partial charge in [-0.25, -0.2) is 4.39 Å². The topological polar surface area (TPSA) is 112 Å². The molecule has 1 aromatic heterocycles. The third-order valence-electron chi connectivity index (χ3n) is 5.70. The Labute approximate surface area is 206 Å². The lowest BCUT2D eigenvalue weighted by atomic mass is 9.83. The van der Waals surface area contributed by atoms with Crippen molar-refractivity contribution < 1.29 is 24.2 Å². The van der Waals surface area contributed by atoms with Crippen molar-refractivity contribution in [2.75, 3.05) is 6.61 Å². The zero-order chi connectivity index (χ0) is 25.5. The molecule has 0 saturated heterocycles. The molecule has 0 spiro atoms. The summed E-state index contributed by atoms with van der Waals surface area (Å²) >= 11 is 6.14. The van der Waals surface area contributed by atoms with Gasteiger partial charge in [0.2, 0.25) is 0 Å². The predicted molar refractivity (Wildman–Crippen MR) is 132 cm³/mol. The predicted octanol–water partition coefficient (Wildman–Crippen LogP) is 5.43. The van der Waals surface area contributed by atoms with Crippen LogP contribution < -0.4 is 10.3 Å². The lowest BCUT2D eigenvalue weighted by molar-refractivity contribution is -0.137. The third-order valence-corrected chi connectivity index (χ3v) is 5.93. The zero-order valence-corrected chi connectivity index (χ0v) is 20.1. The number of carbonyl (C=O) groups is 1. The molecule has 2 aromatic carbocycles. The van der Waals surface area contributed by atoms with E-state index in [0.717, 1.165) is 11.1 Å². The van der Waals surface area contributed by atoms with E-state index in [-0.39, 0.29) is 37.2 Å². The summed E-state index contributed by atoms with van der Waals surface area (Å²) in [6, 6.07) is 11.6. The Morgan fingerprint density at radius 2 is 1.94 bits per heavy atom. The monoisotopic (exact) mass is 500 g/mol. The minimum absolute atomic E-state index is 0.0259. The second kappa shape index (κ2) is 11.7. The Kier molecular flexibility index (Phi) is 8.65. The first-order valence-electron chi connectivity index (χ1n) is 11.0. The maximum atomic E-state index is 14.9. The van der Waals surface area contributed by atoms with Gasteiger partial charge in [0.05, 0.1) is 12.3 Å². The van der Waals surface area contributed by atoms with E-state index in [9.17, 15) is 19.2 Å². The summed E-state index contributed by atoms with van der Waals surface area (Å²) in [5.41, 5.74) is 3.46. The molecule has 1 unspecified atom stereocenters. The normalized spacial score (nSPS) is 12.4. The van der Waals surface area contributed by atoms with Crippen LogP contribution in [0.5, 0.6) is 5.75 Å². The number of carboxylic acids is 1. The van der Waals surface area contributed by atoms with Crippen LogP contribution in [-0.4, -0.2) is 33.6 Å². The molecule has 0 aliphatic heterocycles. The number of aromatic amines is 1. The summed E-state index contributed by atoms with van der Waals surface area (Å²) < 4.78 is 20.3. The van der Waals surface area contributed by atoms with Crippen LogP contribution in [0.25, 0.3) is 0 Å². The van der Waals surface area contributed by atoms with Crippen LogP contribution in [-0.2, 0) is 4.79 Å². The summed E-state index contributed by atoms with van der Waals surface area (Å²) in [7, 11) is 0. The Morgan fingerprint density at radius 1 is 1.17 bits per heavy atom. The van der Waals surface area contributed by atoms with Gasteiger partial charge in [0.25, 0.3) is 5.56 Å². The molecule has 0 saturated carbocycles. The highest BCUT2D eigenvalue weighted by Crippen LogP contribution is 2.35. The van der Waals surface area contributed by atoms with E-state index in [4.69, 9.17) is 21.4 Å². The van der Waals surface area contributed by atoms with E-state index in [2.05, 4.69) is 10.1 Å². The molecule has 0 aliphatic rings. The van der Waals surface area contributed by atoms with Gasteiger partial charge in [-0.15, -0.1) is 0 Å². The molecule has 0 amide bonds. The minimum atomic E-state index is -0.940. The van der Waals surface area contributed by atoms with Crippen LogP contribution >= 0.6 is 11.6 Å². The number of pyridine rings is 1. The summed E-state index contributed by atoms with van der Waals surface area (Å²) in [5, 5.41) is 22.6. The number of nitrogens with one attached hydrogen (secondary N) is 1. The van der Waals surface area contributed by atoms with Gasteiger partial charge in [-0.3, -0.25) is 9.59 Å². The standard InChI is InChI=1S/C26H26ClFN2O5/c1-15-11-19(27)6-7-20(15)21(13-23(30-34)18-10-16(2)26(33)29-14-18)17-5-8-24(22(28)12-17)35-9-3-4-25(31)32/h5-8,10-12,14,21,34H,3-4,9,13H2,1-2H3,(H,29,33)(H,31,32)/b30-23+. The Bertz CT molecular complexity index is 1310. The lowest BCUT2D eigenvalue weighted by Gasteiger charge is -2.22. The summed E-state index contributed by atoms with van der Waals surface area (Å²) in [4.78, 5) is 25.0. The molecule has 1 atom stereocenters. The number of aryl methyl sites for hydroxylation is 2. The van der Waals surface area contributed by atoms with Crippen LogP contribution in [0.2, 0.25) is 5.02 Å². The van der Waals surface area contributed by atoms with Crippen molar-refractivity contribution in [3.63, 3.8) is 0 Å². The average Bonchev–Trinajstić information content (AvgIpc) is 2.81. The third kappa shape index (κ3) is 6.70. The van der Waals surface area contributed by atoms with Crippen molar-refractivity contribution in [2.24, 2.45) is 5.16 Å². The number of aromatic nitrogens is 1. The number of rotatable bonds is 10. The van der Waals surface area contributed by atoms with Crippen molar-refractivity contribution in [1.82, 2.24) is 4.98 Å². The Balaban J connectivity index is 1.96. The van der Waals surface area contributed by atoms with Gasteiger partial charge in [0.15, 0.2) is 11.6 Å². The number of carboxylic acid groups (broad SMARTS) is 1. The molecule has 0 radical (unpaired) electrons. The number of ether oxygens (including phenoxy) is 1. The largest absolute Gasteiger partial charge is 0.491 e. The van der Waals surface area contributed by atoms with Gasteiger partial charge in [0, 0.05) is 41.1 Å². The average molecular weight is 501 g/mol. The summed E-state index contributed by atoms with van der Waals surface area (Å²) in [5.74, 6) is -1.90. The molecule has 3 rings (SSSR count). The van der Waals surface area contributed by atoms with Crippen molar-refractivity contribution in [3.05, 3.63) is 97.7 Å². The van der Waals surface area contributed by atoms with Gasteiger partial charge in [-0.2, -0.15) is 0 Å². The smallest absolute Gasteiger partial charge is 0.303 e. The van der Waals surface area contributed by atoms with Crippen LogP contribution in [0, 0.1) is 19.7 Å². The van der Waals surface area contributed by atoms with Gasteiger partial charge in [-0.1, -0.05) is 28.9 Å². The second-order valence-corrected chi connectivity index (χ2v) is 8.68. The molecule has 7 nitrogen and oxygen atoms in total. The molecule has 0 bridgehead atoms. The maximum absolute atomic E-state index is 14.9.